The molecule has 1 heterocycles. The van der Waals surface area contributed by atoms with Gasteiger partial charge in [0.15, 0.2) is 0 Å². The van der Waals surface area contributed by atoms with Gasteiger partial charge in [0.2, 0.25) is 0 Å². The third-order valence-corrected chi connectivity index (χ3v) is 2.80. The molecule has 0 unspecified atom stereocenters. The Kier molecular flexibility index (Phi) is 3.41. The van der Waals surface area contributed by atoms with E-state index < -0.39 is 0 Å². The van der Waals surface area contributed by atoms with E-state index >= 15 is 0 Å². The summed E-state index contributed by atoms with van der Waals surface area (Å²) >= 11 is 0. The number of hydrogen-bond donors (Lipinski definition) is 2. The Hall–Kier alpha value is -2.17. The van der Waals surface area contributed by atoms with Gasteiger partial charge in [-0.2, -0.15) is 0 Å². The highest BCUT2D eigenvalue weighted by molar-refractivity contribution is 5.66. The summed E-state index contributed by atoms with van der Waals surface area (Å²) in [5.74, 6) is 0.663. The van der Waals surface area contributed by atoms with Crippen LogP contribution in [0.1, 0.15) is 18.1 Å². The number of nitrogens with one attached hydrogen (secondary N) is 1. The van der Waals surface area contributed by atoms with Crippen molar-refractivity contribution < 1.29 is 4.39 Å². The first-order chi connectivity index (χ1) is 8.63. The summed E-state index contributed by atoms with van der Waals surface area (Å²) in [4.78, 5) is 8.05. The van der Waals surface area contributed by atoms with Crippen molar-refractivity contribution in [1.29, 1.82) is 0 Å². The summed E-state index contributed by atoms with van der Waals surface area (Å²) in [6.45, 7) is 3.79. The Morgan fingerprint density at radius 1 is 1.33 bits per heavy atom. The van der Waals surface area contributed by atoms with E-state index in [0.29, 0.717) is 23.7 Å². The van der Waals surface area contributed by atoms with Crippen molar-refractivity contribution in [1.82, 2.24) is 9.97 Å². The van der Waals surface area contributed by atoms with Crippen LogP contribution in [0.5, 0.6) is 0 Å². The zero-order valence-electron chi connectivity index (χ0n) is 10.4. The molecule has 2 rings (SSSR count). The van der Waals surface area contributed by atoms with Crippen LogP contribution < -0.4 is 11.1 Å². The van der Waals surface area contributed by atoms with Crippen LogP contribution in [0.2, 0.25) is 0 Å². The zero-order valence-corrected chi connectivity index (χ0v) is 10.4. The molecule has 0 spiro atoms. The van der Waals surface area contributed by atoms with Crippen molar-refractivity contribution in [2.75, 3.05) is 11.1 Å². The van der Waals surface area contributed by atoms with E-state index in [1.54, 1.807) is 6.07 Å². The van der Waals surface area contributed by atoms with Crippen molar-refractivity contribution >= 4 is 17.3 Å². The third kappa shape index (κ3) is 2.25. The minimum atomic E-state index is -0.311. The highest BCUT2D eigenvalue weighted by Gasteiger charge is 2.11. The summed E-state index contributed by atoms with van der Waals surface area (Å²) in [5, 5.41) is 2.99. The number of aryl methyl sites for hydroxylation is 1. The number of rotatable bonds is 3. The molecular formula is C13H15FN4. The highest BCUT2D eigenvalue weighted by Crippen LogP contribution is 2.26. The van der Waals surface area contributed by atoms with Gasteiger partial charge in [-0.1, -0.05) is 19.1 Å². The van der Waals surface area contributed by atoms with Crippen molar-refractivity contribution in [3.8, 4) is 0 Å². The number of nitrogen functional groups attached to an aromatic ring is 1. The van der Waals surface area contributed by atoms with E-state index in [1.807, 2.05) is 19.9 Å². The molecule has 0 amide bonds. The lowest BCUT2D eigenvalue weighted by Gasteiger charge is -2.13. The van der Waals surface area contributed by atoms with Gasteiger partial charge < -0.3 is 11.1 Å². The number of hydrogen-bond acceptors (Lipinski definition) is 4. The summed E-state index contributed by atoms with van der Waals surface area (Å²) in [6, 6.07) is 4.91. The molecule has 3 N–H and O–H groups in total. The topological polar surface area (TPSA) is 63.8 Å². The second-order valence-electron chi connectivity index (χ2n) is 4.00. The Labute approximate surface area is 105 Å². The standard InChI is InChI=1S/C13H15FN4/c1-3-9-12(15)16-7-17-13(9)18-11-8(2)5-4-6-10(11)14/h4-7H,3H2,1-2H3,(H3,15,16,17,18). The minimum absolute atomic E-state index is 0.311. The number of nitrogens with two attached hydrogens (primary N) is 1. The van der Waals surface area contributed by atoms with E-state index in [-0.39, 0.29) is 5.82 Å². The van der Waals surface area contributed by atoms with Crippen molar-refractivity contribution in [3.63, 3.8) is 0 Å². The first kappa shape index (κ1) is 12.3. The SMILES string of the molecule is CCc1c(N)ncnc1Nc1c(C)cccc1F. The maximum atomic E-state index is 13.7. The fraction of sp³-hybridized carbons (Fsp3) is 0.231. The van der Waals surface area contributed by atoms with Crippen LogP contribution in [0.3, 0.4) is 0 Å². The molecule has 0 saturated carbocycles. The van der Waals surface area contributed by atoms with Crippen LogP contribution >= 0.6 is 0 Å². The molecule has 1 aromatic heterocycles. The summed E-state index contributed by atoms with van der Waals surface area (Å²) in [6.07, 6.45) is 2.05. The van der Waals surface area contributed by atoms with Crippen LogP contribution in [-0.4, -0.2) is 9.97 Å². The van der Waals surface area contributed by atoms with Crippen molar-refractivity contribution in [3.05, 3.63) is 41.5 Å². The second kappa shape index (κ2) is 5.00. The van der Waals surface area contributed by atoms with Crippen LogP contribution in [0, 0.1) is 12.7 Å². The average Bonchev–Trinajstić information content (AvgIpc) is 2.34. The van der Waals surface area contributed by atoms with Gasteiger partial charge >= 0.3 is 0 Å². The quantitative estimate of drug-likeness (QED) is 0.874. The molecule has 18 heavy (non-hydrogen) atoms. The van der Waals surface area contributed by atoms with Crippen molar-refractivity contribution in [2.45, 2.75) is 20.3 Å². The van der Waals surface area contributed by atoms with Gasteiger partial charge in [0, 0.05) is 5.56 Å². The molecule has 0 bridgehead atoms. The minimum Gasteiger partial charge on any atom is -0.383 e. The van der Waals surface area contributed by atoms with Crippen molar-refractivity contribution in [2.24, 2.45) is 0 Å². The normalized spacial score (nSPS) is 10.4. The largest absolute Gasteiger partial charge is 0.383 e. The number of halogens is 1. The van der Waals surface area contributed by atoms with E-state index in [9.17, 15) is 4.39 Å². The van der Waals surface area contributed by atoms with Gasteiger partial charge in [0.1, 0.15) is 23.8 Å². The summed E-state index contributed by atoms with van der Waals surface area (Å²) < 4.78 is 13.7. The number of anilines is 3. The monoisotopic (exact) mass is 246 g/mol. The van der Waals surface area contributed by atoms with E-state index in [1.165, 1.54) is 12.4 Å². The fourth-order valence-electron chi connectivity index (χ4n) is 1.79. The molecule has 0 aliphatic carbocycles. The molecule has 94 valence electrons. The molecule has 0 fully saturated rings. The Morgan fingerprint density at radius 2 is 2.11 bits per heavy atom. The molecule has 5 heteroatoms. The van der Waals surface area contributed by atoms with E-state index in [2.05, 4.69) is 15.3 Å². The van der Waals surface area contributed by atoms with Crippen LogP contribution in [0.4, 0.5) is 21.7 Å². The molecule has 0 aliphatic rings. The average molecular weight is 246 g/mol. The van der Waals surface area contributed by atoms with Gasteiger partial charge in [-0.3, -0.25) is 0 Å². The first-order valence-corrected chi connectivity index (χ1v) is 5.75. The molecule has 4 nitrogen and oxygen atoms in total. The van der Waals surface area contributed by atoms with E-state index in [0.717, 1.165) is 11.1 Å². The Bertz CT molecular complexity index is 549. The van der Waals surface area contributed by atoms with E-state index in [4.69, 9.17) is 5.73 Å². The molecule has 0 saturated heterocycles. The number of para-hydroxylation sites is 1. The molecule has 1 aromatic carbocycles. The molecule has 0 atom stereocenters. The predicted octanol–water partition coefficient (Wildman–Crippen LogP) is 2.81. The lowest BCUT2D eigenvalue weighted by molar-refractivity contribution is 0.630. The smallest absolute Gasteiger partial charge is 0.146 e. The summed E-state index contributed by atoms with van der Waals surface area (Å²) in [7, 11) is 0. The third-order valence-electron chi connectivity index (χ3n) is 2.80. The maximum absolute atomic E-state index is 13.7. The molecule has 2 aromatic rings. The summed E-state index contributed by atoms with van der Waals surface area (Å²) in [5.41, 5.74) is 7.80. The second-order valence-corrected chi connectivity index (χ2v) is 4.00. The number of aromatic nitrogens is 2. The zero-order chi connectivity index (χ0) is 13.1. The maximum Gasteiger partial charge on any atom is 0.146 e. The molecule has 0 radical (unpaired) electrons. The van der Waals surface area contributed by atoms with Crippen LogP contribution in [-0.2, 0) is 6.42 Å². The lowest BCUT2D eigenvalue weighted by atomic mass is 10.1. The fourth-order valence-corrected chi connectivity index (χ4v) is 1.79. The van der Waals surface area contributed by atoms with Crippen LogP contribution in [0.25, 0.3) is 0 Å². The number of nitrogens with zero attached hydrogens (tertiary/aromatic N) is 2. The Balaban J connectivity index is 2.43. The van der Waals surface area contributed by atoms with Gasteiger partial charge in [0.05, 0.1) is 5.69 Å². The van der Waals surface area contributed by atoms with Gasteiger partial charge in [-0.25, -0.2) is 14.4 Å². The van der Waals surface area contributed by atoms with Gasteiger partial charge in [-0.15, -0.1) is 0 Å². The lowest BCUT2D eigenvalue weighted by Crippen LogP contribution is -2.06. The highest BCUT2D eigenvalue weighted by atomic mass is 19.1. The molecule has 0 aliphatic heterocycles. The van der Waals surface area contributed by atoms with Gasteiger partial charge in [-0.05, 0) is 25.0 Å². The molecular weight excluding hydrogens is 231 g/mol. The van der Waals surface area contributed by atoms with Crippen LogP contribution in [0.15, 0.2) is 24.5 Å². The number of benzene rings is 1. The first-order valence-electron chi connectivity index (χ1n) is 5.75. The predicted molar refractivity (Wildman–Crippen MR) is 70.2 cm³/mol. The Morgan fingerprint density at radius 3 is 2.78 bits per heavy atom. The van der Waals surface area contributed by atoms with Gasteiger partial charge in [0.25, 0.3) is 0 Å².